The van der Waals surface area contributed by atoms with Crippen LogP contribution >= 0.6 is 0 Å². The van der Waals surface area contributed by atoms with Gasteiger partial charge in [-0.25, -0.2) is 9.59 Å². The van der Waals surface area contributed by atoms with E-state index >= 15 is 0 Å². The van der Waals surface area contributed by atoms with Gasteiger partial charge in [-0.05, 0) is 37.0 Å². The minimum Gasteiger partial charge on any atom is -0.451 e. The van der Waals surface area contributed by atoms with Gasteiger partial charge in [0.25, 0.3) is 5.91 Å². The summed E-state index contributed by atoms with van der Waals surface area (Å²) in [5.41, 5.74) is 1.72. The summed E-state index contributed by atoms with van der Waals surface area (Å²) < 4.78 is 5.30. The van der Waals surface area contributed by atoms with Gasteiger partial charge in [-0.3, -0.25) is 4.79 Å². The topological polar surface area (TPSA) is 96.5 Å². The molecular weight excluding hydrogens is 382 g/mol. The number of hydrogen-bond acceptors (Lipinski definition) is 4. The van der Waals surface area contributed by atoms with Crippen LogP contribution in [0, 0.1) is 5.92 Å². The molecule has 0 unspecified atom stereocenters. The first-order chi connectivity index (χ1) is 14.4. The Morgan fingerprint density at radius 1 is 0.900 bits per heavy atom. The second-order valence-electron chi connectivity index (χ2n) is 7.29. The normalized spacial score (nSPS) is 12.5. The summed E-state index contributed by atoms with van der Waals surface area (Å²) in [6.07, 6.45) is -0.281. The van der Waals surface area contributed by atoms with E-state index in [1.807, 2.05) is 36.4 Å². The number of ether oxygens (including phenoxy) is 1. The van der Waals surface area contributed by atoms with Crippen LogP contribution in [0.4, 0.5) is 10.5 Å². The highest BCUT2D eigenvalue weighted by atomic mass is 16.5. The summed E-state index contributed by atoms with van der Waals surface area (Å²) in [5, 5.41) is 8.04. The van der Waals surface area contributed by atoms with Crippen molar-refractivity contribution in [2.24, 2.45) is 5.92 Å². The Labute approximate surface area is 177 Å². The van der Waals surface area contributed by atoms with Gasteiger partial charge in [-0.15, -0.1) is 0 Å². The molecule has 0 saturated heterocycles. The lowest BCUT2D eigenvalue weighted by atomic mass is 10.0. The number of rotatable bonds is 9. The van der Waals surface area contributed by atoms with Crippen LogP contribution < -0.4 is 16.0 Å². The van der Waals surface area contributed by atoms with Crippen molar-refractivity contribution in [2.75, 3.05) is 11.9 Å². The molecule has 2 aromatic rings. The highest BCUT2D eigenvalue weighted by Crippen LogP contribution is 2.09. The molecule has 7 heteroatoms. The summed E-state index contributed by atoms with van der Waals surface area (Å²) >= 11 is 0. The standard InChI is InChI=1S/C23H29N3O4/c1-16(2)20(26-23(29)25-19-12-8-5-9-13-19)22(28)30-17(3)21(27)24-15-14-18-10-6-4-7-11-18/h4-13,16-17,20H,14-15H2,1-3H3,(H,24,27)(H2,25,26,29)/t17-,20-/m0/s1. The maximum Gasteiger partial charge on any atom is 0.329 e. The highest BCUT2D eigenvalue weighted by Gasteiger charge is 2.29. The van der Waals surface area contributed by atoms with Gasteiger partial charge >= 0.3 is 12.0 Å². The fourth-order valence-corrected chi connectivity index (χ4v) is 2.75. The molecule has 7 nitrogen and oxygen atoms in total. The lowest BCUT2D eigenvalue weighted by molar-refractivity contribution is -0.157. The van der Waals surface area contributed by atoms with Gasteiger partial charge in [0.2, 0.25) is 0 Å². The quantitative estimate of drug-likeness (QED) is 0.553. The molecule has 0 aliphatic rings. The lowest BCUT2D eigenvalue weighted by Gasteiger charge is -2.23. The molecule has 0 aliphatic heterocycles. The van der Waals surface area contributed by atoms with E-state index in [2.05, 4.69) is 16.0 Å². The molecule has 2 aromatic carbocycles. The molecule has 0 radical (unpaired) electrons. The Hall–Kier alpha value is -3.35. The van der Waals surface area contributed by atoms with Gasteiger partial charge in [0.05, 0.1) is 0 Å². The van der Waals surface area contributed by atoms with Gasteiger partial charge in [0.1, 0.15) is 6.04 Å². The van der Waals surface area contributed by atoms with Crippen LogP contribution in [0.15, 0.2) is 60.7 Å². The molecule has 2 rings (SSSR count). The van der Waals surface area contributed by atoms with E-state index in [0.29, 0.717) is 18.7 Å². The van der Waals surface area contributed by atoms with Crippen LogP contribution in [-0.4, -0.2) is 36.6 Å². The van der Waals surface area contributed by atoms with Gasteiger partial charge < -0.3 is 20.7 Å². The number of nitrogens with one attached hydrogen (secondary N) is 3. The van der Waals surface area contributed by atoms with Crippen LogP contribution in [0.5, 0.6) is 0 Å². The van der Waals surface area contributed by atoms with E-state index in [1.165, 1.54) is 6.92 Å². The number of para-hydroxylation sites is 1. The minimum absolute atomic E-state index is 0.215. The molecule has 3 amide bonds. The van der Waals surface area contributed by atoms with Crippen molar-refractivity contribution in [2.45, 2.75) is 39.3 Å². The zero-order chi connectivity index (χ0) is 21.9. The van der Waals surface area contributed by atoms with Crippen molar-refractivity contribution in [3.8, 4) is 0 Å². The highest BCUT2D eigenvalue weighted by molar-refractivity contribution is 5.93. The van der Waals surface area contributed by atoms with E-state index in [-0.39, 0.29) is 11.8 Å². The molecule has 160 valence electrons. The number of carbonyl (C=O) groups excluding carboxylic acids is 3. The van der Waals surface area contributed by atoms with Crippen LogP contribution in [-0.2, 0) is 20.7 Å². The van der Waals surface area contributed by atoms with Crippen molar-refractivity contribution < 1.29 is 19.1 Å². The first-order valence-electron chi connectivity index (χ1n) is 10.0. The number of benzene rings is 2. The molecule has 0 saturated carbocycles. The largest absolute Gasteiger partial charge is 0.451 e. The molecule has 0 fully saturated rings. The predicted molar refractivity (Wildman–Crippen MR) is 116 cm³/mol. The lowest BCUT2D eigenvalue weighted by Crippen LogP contribution is -2.49. The monoisotopic (exact) mass is 411 g/mol. The second kappa shape index (κ2) is 11.6. The number of urea groups is 1. The Bertz CT molecular complexity index is 825. The molecular formula is C23H29N3O4. The van der Waals surface area contributed by atoms with Crippen LogP contribution in [0.2, 0.25) is 0 Å². The van der Waals surface area contributed by atoms with Gasteiger partial charge in [0, 0.05) is 12.2 Å². The molecule has 2 atom stereocenters. The molecule has 0 spiro atoms. The van der Waals surface area contributed by atoms with E-state index in [0.717, 1.165) is 5.56 Å². The minimum atomic E-state index is -0.964. The Morgan fingerprint density at radius 3 is 2.10 bits per heavy atom. The van der Waals surface area contributed by atoms with Crippen molar-refractivity contribution >= 4 is 23.6 Å². The van der Waals surface area contributed by atoms with E-state index < -0.39 is 24.1 Å². The Kier molecular flexibility index (Phi) is 8.87. The first kappa shape index (κ1) is 22.9. The third-order valence-electron chi connectivity index (χ3n) is 4.46. The number of amides is 3. The van der Waals surface area contributed by atoms with E-state index in [4.69, 9.17) is 4.74 Å². The number of esters is 1. The average Bonchev–Trinajstić information content (AvgIpc) is 2.73. The maximum atomic E-state index is 12.5. The molecule has 0 aromatic heterocycles. The summed E-state index contributed by atoms with van der Waals surface area (Å²) in [7, 11) is 0. The zero-order valence-corrected chi connectivity index (χ0v) is 17.6. The van der Waals surface area contributed by atoms with Crippen LogP contribution in [0.25, 0.3) is 0 Å². The average molecular weight is 412 g/mol. The molecule has 0 aliphatic carbocycles. The van der Waals surface area contributed by atoms with Crippen molar-refractivity contribution in [3.05, 3.63) is 66.2 Å². The van der Waals surface area contributed by atoms with Crippen molar-refractivity contribution in [3.63, 3.8) is 0 Å². The maximum absolute atomic E-state index is 12.5. The number of hydrogen-bond donors (Lipinski definition) is 3. The smallest absolute Gasteiger partial charge is 0.329 e. The summed E-state index contributed by atoms with van der Waals surface area (Å²) in [4.78, 5) is 37.0. The molecule has 3 N–H and O–H groups in total. The third kappa shape index (κ3) is 7.58. The van der Waals surface area contributed by atoms with Crippen LogP contribution in [0.3, 0.4) is 0 Å². The van der Waals surface area contributed by atoms with Crippen LogP contribution in [0.1, 0.15) is 26.3 Å². The van der Waals surface area contributed by atoms with Gasteiger partial charge in [-0.1, -0.05) is 62.4 Å². The summed E-state index contributed by atoms with van der Waals surface area (Å²) in [6, 6.07) is 17.3. The third-order valence-corrected chi connectivity index (χ3v) is 4.46. The molecule has 30 heavy (non-hydrogen) atoms. The zero-order valence-electron chi connectivity index (χ0n) is 17.6. The van der Waals surface area contributed by atoms with Gasteiger partial charge in [0.15, 0.2) is 6.10 Å². The van der Waals surface area contributed by atoms with Crippen molar-refractivity contribution in [1.29, 1.82) is 0 Å². The predicted octanol–water partition coefficient (Wildman–Crippen LogP) is 3.12. The SMILES string of the molecule is CC(C)[C@H](NC(=O)Nc1ccccc1)C(=O)O[C@@H](C)C(=O)NCCc1ccccc1. The number of anilines is 1. The van der Waals surface area contributed by atoms with E-state index in [1.54, 1.807) is 38.1 Å². The molecule has 0 bridgehead atoms. The number of carbonyl (C=O) groups is 3. The fourth-order valence-electron chi connectivity index (χ4n) is 2.75. The van der Waals surface area contributed by atoms with E-state index in [9.17, 15) is 14.4 Å². The molecule has 0 heterocycles. The Morgan fingerprint density at radius 2 is 1.50 bits per heavy atom. The second-order valence-corrected chi connectivity index (χ2v) is 7.29. The summed E-state index contributed by atoms with van der Waals surface area (Å²) in [5.74, 6) is -1.25. The first-order valence-corrected chi connectivity index (χ1v) is 10.0. The fraction of sp³-hybridized carbons (Fsp3) is 0.348. The van der Waals surface area contributed by atoms with Crippen molar-refractivity contribution in [1.82, 2.24) is 10.6 Å². The summed E-state index contributed by atoms with van der Waals surface area (Å²) in [6.45, 7) is 5.53. The Balaban J connectivity index is 1.82. The van der Waals surface area contributed by atoms with Gasteiger partial charge in [-0.2, -0.15) is 0 Å².